The largest absolute Gasteiger partial charge is 0.348 e. The molecule has 3 heterocycles. The molecule has 2 aromatic heterocycles. The van der Waals surface area contributed by atoms with Gasteiger partial charge in [-0.3, -0.25) is 4.79 Å². The van der Waals surface area contributed by atoms with Gasteiger partial charge in [-0.1, -0.05) is 18.2 Å². The first kappa shape index (κ1) is 14.1. The van der Waals surface area contributed by atoms with Crippen LogP contribution in [0.2, 0.25) is 0 Å². The Morgan fingerprint density at radius 2 is 2.35 bits per heavy atom. The Labute approximate surface area is 134 Å². The van der Waals surface area contributed by atoms with Crippen LogP contribution in [-0.2, 0) is 13.0 Å². The van der Waals surface area contributed by atoms with E-state index in [0.717, 1.165) is 35.2 Å². The lowest BCUT2D eigenvalue weighted by Crippen LogP contribution is -2.23. The summed E-state index contributed by atoms with van der Waals surface area (Å²) in [6.07, 6.45) is 5.86. The highest BCUT2D eigenvalue weighted by atomic mass is 16.1. The summed E-state index contributed by atoms with van der Waals surface area (Å²) in [7, 11) is 0. The van der Waals surface area contributed by atoms with E-state index in [0.29, 0.717) is 12.6 Å². The monoisotopic (exact) mass is 308 g/mol. The third-order valence-corrected chi connectivity index (χ3v) is 4.84. The molecule has 0 bridgehead atoms. The Balaban J connectivity index is 1.68. The van der Waals surface area contributed by atoms with Crippen molar-refractivity contribution in [3.63, 3.8) is 0 Å². The molecule has 0 radical (unpaired) electrons. The van der Waals surface area contributed by atoms with Gasteiger partial charge in [-0.15, -0.1) is 0 Å². The number of hydrogen-bond donors (Lipinski definition) is 2. The van der Waals surface area contributed by atoms with Crippen LogP contribution in [0, 0.1) is 6.92 Å². The number of carbonyl (C=O) groups is 1. The molecule has 3 aromatic rings. The van der Waals surface area contributed by atoms with Crippen molar-refractivity contribution in [1.82, 2.24) is 19.9 Å². The molecule has 0 fully saturated rings. The maximum absolute atomic E-state index is 12.7. The zero-order chi connectivity index (χ0) is 16.0. The molecule has 0 aliphatic carbocycles. The van der Waals surface area contributed by atoms with E-state index in [2.05, 4.69) is 32.8 Å². The average molecular weight is 308 g/mol. The summed E-state index contributed by atoms with van der Waals surface area (Å²) in [6.45, 7) is 4.61. The molecule has 1 unspecified atom stereocenters. The first-order valence-electron chi connectivity index (χ1n) is 8.04. The fourth-order valence-electron chi connectivity index (χ4n) is 3.45. The number of nitrogens with one attached hydrogen (secondary N) is 2. The van der Waals surface area contributed by atoms with Crippen LogP contribution in [0.1, 0.15) is 46.7 Å². The summed E-state index contributed by atoms with van der Waals surface area (Å²) in [4.78, 5) is 19.9. The highest BCUT2D eigenvalue weighted by molar-refractivity contribution is 6.07. The molecule has 2 N–H and O–H groups in total. The molecule has 5 heteroatoms. The summed E-state index contributed by atoms with van der Waals surface area (Å²) in [5.74, 6) is -0.0394. The lowest BCUT2D eigenvalue weighted by atomic mass is 9.99. The Morgan fingerprint density at radius 1 is 1.48 bits per heavy atom. The molecule has 1 aliphatic heterocycles. The van der Waals surface area contributed by atoms with Crippen molar-refractivity contribution in [2.75, 3.05) is 0 Å². The molecule has 1 aromatic carbocycles. The first-order valence-corrected chi connectivity index (χ1v) is 8.04. The summed E-state index contributed by atoms with van der Waals surface area (Å²) >= 11 is 0. The number of imidazole rings is 1. The molecule has 0 saturated heterocycles. The van der Waals surface area contributed by atoms with E-state index in [4.69, 9.17) is 0 Å². The number of H-pyrrole nitrogens is 1. The van der Waals surface area contributed by atoms with E-state index < -0.39 is 0 Å². The summed E-state index contributed by atoms with van der Waals surface area (Å²) in [5.41, 5.74) is 5.17. The molecule has 5 nitrogen and oxygen atoms in total. The van der Waals surface area contributed by atoms with E-state index in [9.17, 15) is 4.79 Å². The number of aromatic nitrogens is 3. The molecule has 0 saturated carbocycles. The lowest BCUT2D eigenvalue weighted by molar-refractivity contribution is 0.0952. The molecule has 1 atom stereocenters. The van der Waals surface area contributed by atoms with Crippen LogP contribution < -0.4 is 5.32 Å². The van der Waals surface area contributed by atoms with Gasteiger partial charge in [0.2, 0.25) is 0 Å². The maximum Gasteiger partial charge on any atom is 0.253 e. The molecule has 23 heavy (non-hydrogen) atoms. The van der Waals surface area contributed by atoms with Crippen molar-refractivity contribution in [2.24, 2.45) is 0 Å². The number of rotatable bonds is 3. The Hall–Kier alpha value is -2.56. The zero-order valence-corrected chi connectivity index (χ0v) is 13.4. The van der Waals surface area contributed by atoms with E-state index in [1.165, 1.54) is 11.1 Å². The minimum Gasteiger partial charge on any atom is -0.348 e. The van der Waals surface area contributed by atoms with Crippen LogP contribution in [0.4, 0.5) is 0 Å². The van der Waals surface area contributed by atoms with Crippen molar-refractivity contribution in [2.45, 2.75) is 39.3 Å². The fourth-order valence-corrected chi connectivity index (χ4v) is 3.45. The smallest absolute Gasteiger partial charge is 0.253 e. The molecular weight excluding hydrogens is 288 g/mol. The molecule has 118 valence electrons. The van der Waals surface area contributed by atoms with E-state index in [1.807, 2.05) is 25.3 Å². The predicted molar refractivity (Wildman–Crippen MR) is 89.5 cm³/mol. The van der Waals surface area contributed by atoms with Crippen molar-refractivity contribution in [1.29, 1.82) is 0 Å². The standard InChI is InChI=1S/C18H20N4O/c1-11-6-7-13-4-3-5-14-15(9-22(11)17(13)14)18(23)19-8-16-12(2)20-10-21-16/h3-5,9-11H,6-8H2,1-2H3,(H,19,23)(H,20,21). The van der Waals surface area contributed by atoms with Crippen molar-refractivity contribution >= 4 is 16.8 Å². The van der Waals surface area contributed by atoms with Crippen molar-refractivity contribution in [3.8, 4) is 0 Å². The second-order valence-electron chi connectivity index (χ2n) is 6.31. The maximum atomic E-state index is 12.7. The van der Waals surface area contributed by atoms with E-state index >= 15 is 0 Å². The van der Waals surface area contributed by atoms with Gasteiger partial charge in [0.05, 0.1) is 29.6 Å². The molecule has 1 aliphatic rings. The van der Waals surface area contributed by atoms with Crippen molar-refractivity contribution < 1.29 is 4.79 Å². The van der Waals surface area contributed by atoms with Gasteiger partial charge in [0.1, 0.15) is 0 Å². The van der Waals surface area contributed by atoms with Gasteiger partial charge < -0.3 is 14.9 Å². The number of carbonyl (C=O) groups excluding carboxylic acids is 1. The Kier molecular flexibility index (Phi) is 3.22. The normalized spacial score (nSPS) is 16.7. The van der Waals surface area contributed by atoms with Gasteiger partial charge in [0.15, 0.2) is 0 Å². The first-order chi connectivity index (χ1) is 11.1. The number of aryl methyl sites for hydroxylation is 2. The van der Waals surface area contributed by atoms with Gasteiger partial charge in [-0.25, -0.2) is 4.98 Å². The van der Waals surface area contributed by atoms with E-state index in [1.54, 1.807) is 6.33 Å². The SMILES string of the molecule is Cc1[nH]cnc1CNC(=O)c1cn2c3c(cccc13)CCC2C. The Bertz CT molecular complexity index is 890. The van der Waals surface area contributed by atoms with Crippen LogP contribution in [0.15, 0.2) is 30.7 Å². The second-order valence-corrected chi connectivity index (χ2v) is 6.31. The van der Waals surface area contributed by atoms with Crippen molar-refractivity contribution in [3.05, 3.63) is 53.2 Å². The van der Waals surface area contributed by atoms with Crippen LogP contribution in [0.5, 0.6) is 0 Å². The van der Waals surface area contributed by atoms with Crippen LogP contribution in [-0.4, -0.2) is 20.4 Å². The quantitative estimate of drug-likeness (QED) is 0.781. The summed E-state index contributed by atoms with van der Waals surface area (Å²) in [5, 5.41) is 4.04. The molecule has 1 amide bonds. The number of para-hydroxylation sites is 1. The van der Waals surface area contributed by atoms with Crippen LogP contribution in [0.3, 0.4) is 0 Å². The highest BCUT2D eigenvalue weighted by Crippen LogP contribution is 2.34. The third kappa shape index (κ3) is 2.23. The molecule has 0 spiro atoms. The molecule has 4 rings (SSSR count). The lowest BCUT2D eigenvalue weighted by Gasteiger charge is -2.22. The number of nitrogens with zero attached hydrogens (tertiary/aromatic N) is 2. The topological polar surface area (TPSA) is 62.7 Å². The summed E-state index contributed by atoms with van der Waals surface area (Å²) in [6, 6.07) is 6.69. The number of benzene rings is 1. The van der Waals surface area contributed by atoms with Gasteiger partial charge in [0, 0.05) is 23.3 Å². The Morgan fingerprint density at radius 3 is 3.13 bits per heavy atom. The van der Waals surface area contributed by atoms with E-state index in [-0.39, 0.29) is 5.91 Å². The number of hydrogen-bond acceptors (Lipinski definition) is 2. The minimum absolute atomic E-state index is 0.0394. The fraction of sp³-hybridized carbons (Fsp3) is 0.333. The minimum atomic E-state index is -0.0394. The van der Waals surface area contributed by atoms with Crippen LogP contribution in [0.25, 0.3) is 10.9 Å². The third-order valence-electron chi connectivity index (χ3n) is 4.84. The average Bonchev–Trinajstić information content (AvgIpc) is 3.14. The summed E-state index contributed by atoms with van der Waals surface area (Å²) < 4.78 is 2.25. The van der Waals surface area contributed by atoms with Crippen LogP contribution >= 0.6 is 0 Å². The van der Waals surface area contributed by atoms with Gasteiger partial charge in [0.25, 0.3) is 5.91 Å². The predicted octanol–water partition coefficient (Wildman–Crippen LogP) is 3.11. The number of amides is 1. The number of aromatic amines is 1. The zero-order valence-electron chi connectivity index (χ0n) is 13.4. The van der Waals surface area contributed by atoms with Gasteiger partial charge >= 0.3 is 0 Å². The molecular formula is C18H20N4O. The van der Waals surface area contributed by atoms with Gasteiger partial charge in [-0.2, -0.15) is 0 Å². The second kappa shape index (κ2) is 5.26. The highest BCUT2D eigenvalue weighted by Gasteiger charge is 2.23. The van der Waals surface area contributed by atoms with Gasteiger partial charge in [-0.05, 0) is 32.3 Å².